The van der Waals surface area contributed by atoms with E-state index in [2.05, 4.69) is 4.28 Å². The number of alkyl halides is 3. The molecule has 0 bridgehead atoms. The Hall–Kier alpha value is -1.29. The van der Waals surface area contributed by atoms with Gasteiger partial charge in [0.05, 0.1) is 11.4 Å². The van der Waals surface area contributed by atoms with E-state index in [-0.39, 0.29) is 6.54 Å². The summed E-state index contributed by atoms with van der Waals surface area (Å²) in [6.07, 6.45) is 0. The van der Waals surface area contributed by atoms with E-state index in [0.29, 0.717) is 14.9 Å². The Morgan fingerprint density at radius 3 is 2.52 bits per heavy atom. The van der Waals surface area contributed by atoms with Gasteiger partial charge in [0.25, 0.3) is 11.1 Å². The third kappa shape index (κ3) is 2.61. The van der Waals surface area contributed by atoms with Crippen molar-refractivity contribution in [1.82, 2.24) is 4.47 Å². The van der Waals surface area contributed by atoms with E-state index in [1.807, 2.05) is 12.1 Å². The van der Waals surface area contributed by atoms with E-state index in [0.717, 1.165) is 10.8 Å². The van der Waals surface area contributed by atoms with Gasteiger partial charge in [-0.15, -0.1) is 0 Å². The Kier molecular flexibility index (Phi) is 3.60. The Morgan fingerprint density at radius 1 is 1.19 bits per heavy atom. The molecular formula is C12H8F3NO3S2. The Bertz CT molecular complexity index is 758. The molecule has 21 heavy (non-hydrogen) atoms. The van der Waals surface area contributed by atoms with Gasteiger partial charge in [0.15, 0.2) is 11.0 Å². The van der Waals surface area contributed by atoms with E-state index in [4.69, 9.17) is 0 Å². The van der Waals surface area contributed by atoms with Crippen LogP contribution in [0.4, 0.5) is 13.2 Å². The molecule has 0 saturated heterocycles. The molecule has 0 fully saturated rings. The van der Waals surface area contributed by atoms with Crippen LogP contribution in [0.2, 0.25) is 0 Å². The molecule has 2 aromatic rings. The van der Waals surface area contributed by atoms with Gasteiger partial charge in [0.2, 0.25) is 0 Å². The highest BCUT2D eigenvalue weighted by Gasteiger charge is 2.42. The van der Waals surface area contributed by atoms with Crippen LogP contribution in [0.15, 0.2) is 41.3 Å². The monoisotopic (exact) mass is 335 g/mol. The van der Waals surface area contributed by atoms with Gasteiger partial charge < -0.3 is 0 Å². The maximum atomic E-state index is 12.3. The van der Waals surface area contributed by atoms with Crippen LogP contribution >= 0.6 is 0 Å². The van der Waals surface area contributed by atoms with Crippen LogP contribution in [-0.2, 0) is 32.9 Å². The third-order valence-electron chi connectivity index (χ3n) is 2.97. The predicted octanol–water partition coefficient (Wildman–Crippen LogP) is 2.79. The second kappa shape index (κ2) is 5.16. The minimum atomic E-state index is -5.02. The molecule has 1 heterocycles. The molecule has 3 rings (SSSR count). The maximum absolute atomic E-state index is 12.3. The lowest BCUT2D eigenvalue weighted by Gasteiger charge is -2.26. The van der Waals surface area contributed by atoms with Crippen LogP contribution in [0, 0.1) is 0 Å². The lowest BCUT2D eigenvalue weighted by Crippen LogP contribution is -2.33. The first kappa shape index (κ1) is 14.6. The first-order chi connectivity index (χ1) is 9.88. The Balaban J connectivity index is 2.00. The summed E-state index contributed by atoms with van der Waals surface area (Å²) in [4.78, 5) is 0.341. The molecule has 2 aromatic carbocycles. The molecule has 0 aliphatic carbocycles. The summed E-state index contributed by atoms with van der Waals surface area (Å²) >= 11 is -3.55. The number of nitrogens with zero attached hydrogens (tertiary/aromatic N) is 1. The second-order valence-corrected chi connectivity index (χ2v) is 6.69. The molecule has 0 amide bonds. The van der Waals surface area contributed by atoms with Gasteiger partial charge in [-0.2, -0.15) is 17.5 Å². The minimum absolute atomic E-state index is 0.136. The van der Waals surface area contributed by atoms with Crippen molar-refractivity contribution in [2.24, 2.45) is 0 Å². The summed E-state index contributed by atoms with van der Waals surface area (Å²) in [5, 5.41) is 1.57. The quantitative estimate of drug-likeness (QED) is 0.848. The summed E-state index contributed by atoms with van der Waals surface area (Å²) in [5.74, 6) is 0. The molecule has 0 radical (unpaired) electrons. The first-order valence-electron chi connectivity index (χ1n) is 5.75. The molecule has 2 unspecified atom stereocenters. The predicted molar refractivity (Wildman–Crippen MR) is 71.2 cm³/mol. The number of hydrogen-bond donors (Lipinski definition) is 0. The Labute approximate surface area is 122 Å². The number of rotatable bonds is 2. The van der Waals surface area contributed by atoms with E-state index >= 15 is 0 Å². The van der Waals surface area contributed by atoms with Crippen molar-refractivity contribution in [3.05, 3.63) is 42.0 Å². The first-order valence-corrected chi connectivity index (χ1v) is 7.93. The highest BCUT2D eigenvalue weighted by atomic mass is 32.2. The fraction of sp³-hybridized carbons (Fsp3) is 0.167. The van der Waals surface area contributed by atoms with Gasteiger partial charge in [-0.25, -0.2) is 8.42 Å². The minimum Gasteiger partial charge on any atom is -0.235 e. The number of halogens is 3. The van der Waals surface area contributed by atoms with Gasteiger partial charge >= 0.3 is 5.51 Å². The zero-order valence-corrected chi connectivity index (χ0v) is 11.9. The van der Waals surface area contributed by atoms with Crippen molar-refractivity contribution in [1.29, 1.82) is 0 Å². The van der Waals surface area contributed by atoms with E-state index < -0.39 is 27.6 Å². The summed E-state index contributed by atoms with van der Waals surface area (Å²) in [6.45, 7) is -0.136. The maximum Gasteiger partial charge on any atom is 0.498 e. The molecule has 4 nitrogen and oxygen atoms in total. The van der Waals surface area contributed by atoms with E-state index in [9.17, 15) is 21.6 Å². The standard InChI is InChI=1S/C12H8F3NO3S2/c13-12(14,15)21(18)19-16-7-9-5-1-3-8-4-2-6-10(11(8)9)20(16)17/h1-6H,7H2. The zero-order chi connectivity index (χ0) is 15.2. The average Bonchev–Trinajstić information content (AvgIpc) is 2.43. The lowest BCUT2D eigenvalue weighted by atomic mass is 10.0. The van der Waals surface area contributed by atoms with Gasteiger partial charge in [-0.1, -0.05) is 34.8 Å². The topological polar surface area (TPSA) is 46.6 Å². The zero-order valence-electron chi connectivity index (χ0n) is 10.3. The molecule has 2 atom stereocenters. The summed E-state index contributed by atoms with van der Waals surface area (Å²) < 4.78 is 65.1. The third-order valence-corrected chi connectivity index (χ3v) is 5.04. The molecule has 9 heteroatoms. The summed E-state index contributed by atoms with van der Waals surface area (Å²) in [7, 11) is -1.96. The lowest BCUT2D eigenvalue weighted by molar-refractivity contribution is -0.0637. The Morgan fingerprint density at radius 2 is 1.86 bits per heavy atom. The normalized spacial score (nSPS) is 20.6. The molecule has 0 N–H and O–H groups in total. The number of hydrogen-bond acceptors (Lipinski definition) is 3. The molecular weight excluding hydrogens is 327 g/mol. The van der Waals surface area contributed by atoms with Gasteiger partial charge in [0, 0.05) is 5.39 Å². The largest absolute Gasteiger partial charge is 0.498 e. The van der Waals surface area contributed by atoms with Crippen LogP contribution in [0.1, 0.15) is 5.56 Å². The molecule has 0 saturated carbocycles. The molecule has 112 valence electrons. The summed E-state index contributed by atoms with van der Waals surface area (Å²) in [6, 6.07) is 10.3. The van der Waals surface area contributed by atoms with Crippen LogP contribution in [0.5, 0.6) is 0 Å². The van der Waals surface area contributed by atoms with Crippen LogP contribution in [0.3, 0.4) is 0 Å². The van der Waals surface area contributed by atoms with Gasteiger partial charge in [0.1, 0.15) is 0 Å². The fourth-order valence-corrected chi connectivity index (χ4v) is 3.91. The highest BCUT2D eigenvalue weighted by Crippen LogP contribution is 2.34. The number of hydroxylamine groups is 1. The van der Waals surface area contributed by atoms with Crippen LogP contribution < -0.4 is 0 Å². The van der Waals surface area contributed by atoms with Gasteiger partial charge in [-0.3, -0.25) is 0 Å². The summed E-state index contributed by atoms with van der Waals surface area (Å²) in [5.41, 5.74) is -4.35. The van der Waals surface area contributed by atoms with Crippen LogP contribution in [-0.4, -0.2) is 18.4 Å². The fourth-order valence-electron chi connectivity index (χ4n) is 2.14. The molecule has 1 aliphatic rings. The van der Waals surface area contributed by atoms with Crippen molar-refractivity contribution < 1.29 is 25.9 Å². The van der Waals surface area contributed by atoms with Crippen molar-refractivity contribution in [2.45, 2.75) is 16.9 Å². The average molecular weight is 335 g/mol. The van der Waals surface area contributed by atoms with Crippen molar-refractivity contribution in [3.63, 3.8) is 0 Å². The molecule has 0 aromatic heterocycles. The number of benzene rings is 2. The second-order valence-electron chi connectivity index (χ2n) is 4.27. The van der Waals surface area contributed by atoms with Gasteiger partial charge in [-0.05, 0) is 17.0 Å². The molecule has 1 aliphatic heterocycles. The smallest absolute Gasteiger partial charge is 0.235 e. The van der Waals surface area contributed by atoms with Crippen LogP contribution in [0.25, 0.3) is 10.8 Å². The van der Waals surface area contributed by atoms with Crippen molar-refractivity contribution >= 4 is 32.8 Å². The van der Waals surface area contributed by atoms with Crippen molar-refractivity contribution in [2.75, 3.05) is 0 Å². The SMILES string of the molecule is O=S1c2cccc3cccc(c23)CN1OS(=O)C(F)(F)F. The van der Waals surface area contributed by atoms with Crippen molar-refractivity contribution in [3.8, 4) is 0 Å². The van der Waals surface area contributed by atoms with E-state index in [1.54, 1.807) is 24.3 Å². The highest BCUT2D eigenvalue weighted by molar-refractivity contribution is 7.84. The van der Waals surface area contributed by atoms with E-state index in [1.165, 1.54) is 0 Å². The molecule has 0 spiro atoms.